The van der Waals surface area contributed by atoms with Crippen molar-refractivity contribution >= 4 is 17.0 Å². The number of benzene rings is 2. The maximum atomic E-state index is 12.1. The molecule has 0 spiro atoms. The highest BCUT2D eigenvalue weighted by atomic mass is 16.5. The van der Waals surface area contributed by atoms with Crippen LogP contribution in [0.5, 0.6) is 0 Å². The number of aromatic nitrogens is 1. The fraction of sp³-hybridized carbons (Fsp3) is 0.300. The standard InChI is InChI=1S/C20H23N3O2/c1-14-8-11-19-17(12-14)18(23-25-19)13-21-20(24)22-15(2)9-10-16-6-4-3-5-7-16/h3-8,11-12,15H,9-10,13H2,1-2H3,(H2,21,22,24). The van der Waals surface area contributed by atoms with Crippen LogP contribution in [0, 0.1) is 6.92 Å². The Morgan fingerprint density at radius 2 is 2.00 bits per heavy atom. The van der Waals surface area contributed by atoms with Crippen molar-refractivity contribution in [3.63, 3.8) is 0 Å². The van der Waals surface area contributed by atoms with Crippen LogP contribution >= 0.6 is 0 Å². The van der Waals surface area contributed by atoms with Crippen molar-refractivity contribution in [1.29, 1.82) is 0 Å². The lowest BCUT2D eigenvalue weighted by atomic mass is 10.1. The van der Waals surface area contributed by atoms with E-state index in [4.69, 9.17) is 4.52 Å². The number of hydrogen-bond acceptors (Lipinski definition) is 3. The average Bonchev–Trinajstić information content (AvgIpc) is 3.01. The summed E-state index contributed by atoms with van der Waals surface area (Å²) < 4.78 is 5.28. The summed E-state index contributed by atoms with van der Waals surface area (Å²) in [6.07, 6.45) is 1.83. The number of fused-ring (bicyclic) bond motifs is 1. The van der Waals surface area contributed by atoms with E-state index >= 15 is 0 Å². The van der Waals surface area contributed by atoms with Crippen LogP contribution in [-0.2, 0) is 13.0 Å². The number of hydrogen-bond donors (Lipinski definition) is 2. The van der Waals surface area contributed by atoms with Gasteiger partial charge in [0, 0.05) is 11.4 Å². The molecule has 3 rings (SSSR count). The minimum Gasteiger partial charge on any atom is -0.356 e. The minimum atomic E-state index is -0.190. The van der Waals surface area contributed by atoms with Crippen LogP contribution in [0.15, 0.2) is 53.1 Å². The lowest BCUT2D eigenvalue weighted by Gasteiger charge is -2.14. The molecule has 1 atom stereocenters. The van der Waals surface area contributed by atoms with Gasteiger partial charge in [0.25, 0.3) is 0 Å². The van der Waals surface area contributed by atoms with Crippen LogP contribution in [-0.4, -0.2) is 17.2 Å². The normalized spacial score (nSPS) is 12.1. The van der Waals surface area contributed by atoms with Crippen LogP contribution in [0.3, 0.4) is 0 Å². The van der Waals surface area contributed by atoms with Crippen molar-refractivity contribution in [2.75, 3.05) is 0 Å². The van der Waals surface area contributed by atoms with Crippen molar-refractivity contribution in [2.24, 2.45) is 0 Å². The third-order valence-corrected chi connectivity index (χ3v) is 4.20. The van der Waals surface area contributed by atoms with Crippen molar-refractivity contribution in [1.82, 2.24) is 15.8 Å². The van der Waals surface area contributed by atoms with Crippen molar-refractivity contribution in [3.8, 4) is 0 Å². The van der Waals surface area contributed by atoms with Gasteiger partial charge in [-0.3, -0.25) is 0 Å². The van der Waals surface area contributed by atoms with E-state index in [1.807, 2.05) is 50.2 Å². The van der Waals surface area contributed by atoms with Crippen molar-refractivity contribution in [3.05, 3.63) is 65.4 Å². The molecule has 0 radical (unpaired) electrons. The summed E-state index contributed by atoms with van der Waals surface area (Å²) in [6.45, 7) is 4.37. The molecule has 25 heavy (non-hydrogen) atoms. The van der Waals surface area contributed by atoms with Crippen molar-refractivity contribution < 1.29 is 9.32 Å². The molecule has 0 bridgehead atoms. The molecule has 2 amide bonds. The Labute approximate surface area is 147 Å². The Balaban J connectivity index is 1.48. The number of carbonyl (C=O) groups is 1. The molecular formula is C20H23N3O2. The number of carbonyl (C=O) groups excluding carboxylic acids is 1. The van der Waals surface area contributed by atoms with Gasteiger partial charge < -0.3 is 15.2 Å². The van der Waals surface area contributed by atoms with Gasteiger partial charge in [-0.1, -0.05) is 47.1 Å². The van der Waals surface area contributed by atoms with E-state index in [2.05, 4.69) is 27.9 Å². The molecule has 2 N–H and O–H groups in total. The molecule has 5 heteroatoms. The van der Waals surface area contributed by atoms with E-state index in [9.17, 15) is 4.79 Å². The summed E-state index contributed by atoms with van der Waals surface area (Å²) in [4.78, 5) is 12.1. The first-order valence-corrected chi connectivity index (χ1v) is 8.55. The zero-order valence-corrected chi connectivity index (χ0v) is 14.6. The van der Waals surface area contributed by atoms with E-state index in [1.54, 1.807) is 0 Å². The maximum Gasteiger partial charge on any atom is 0.315 e. The van der Waals surface area contributed by atoms with Gasteiger partial charge in [0.1, 0.15) is 5.69 Å². The lowest BCUT2D eigenvalue weighted by molar-refractivity contribution is 0.236. The quantitative estimate of drug-likeness (QED) is 0.715. The summed E-state index contributed by atoms with van der Waals surface area (Å²) >= 11 is 0. The first kappa shape index (κ1) is 17.0. The molecule has 0 saturated carbocycles. The predicted molar refractivity (Wildman–Crippen MR) is 98.3 cm³/mol. The van der Waals surface area contributed by atoms with Crippen LogP contribution in [0.1, 0.15) is 30.2 Å². The zero-order chi connectivity index (χ0) is 17.6. The molecule has 1 unspecified atom stereocenters. The molecule has 0 fully saturated rings. The molecule has 2 aromatic carbocycles. The fourth-order valence-electron chi connectivity index (χ4n) is 2.77. The van der Waals surface area contributed by atoms with E-state index in [-0.39, 0.29) is 12.1 Å². The molecule has 1 heterocycles. The first-order chi connectivity index (χ1) is 12.1. The molecule has 0 aliphatic carbocycles. The lowest BCUT2D eigenvalue weighted by Crippen LogP contribution is -2.40. The highest BCUT2D eigenvalue weighted by molar-refractivity contribution is 5.81. The molecular weight excluding hydrogens is 314 g/mol. The predicted octanol–water partition coefficient (Wildman–Crippen LogP) is 3.96. The Morgan fingerprint density at radius 1 is 1.20 bits per heavy atom. The van der Waals surface area contributed by atoms with Crippen molar-refractivity contribution in [2.45, 2.75) is 39.3 Å². The first-order valence-electron chi connectivity index (χ1n) is 8.55. The van der Waals surface area contributed by atoms with Crippen LogP contribution < -0.4 is 10.6 Å². The van der Waals surface area contributed by atoms with Gasteiger partial charge in [0.05, 0.1) is 6.54 Å². The summed E-state index contributed by atoms with van der Waals surface area (Å²) in [7, 11) is 0. The Hall–Kier alpha value is -2.82. The number of nitrogens with zero attached hydrogens (tertiary/aromatic N) is 1. The monoisotopic (exact) mass is 337 g/mol. The third kappa shape index (κ3) is 4.59. The van der Waals surface area contributed by atoms with E-state index in [0.29, 0.717) is 6.54 Å². The maximum absolute atomic E-state index is 12.1. The highest BCUT2D eigenvalue weighted by Gasteiger charge is 2.11. The molecule has 3 aromatic rings. The fourth-order valence-corrected chi connectivity index (χ4v) is 2.77. The minimum absolute atomic E-state index is 0.0940. The summed E-state index contributed by atoms with van der Waals surface area (Å²) in [6, 6.07) is 16.1. The van der Waals surface area contributed by atoms with Gasteiger partial charge in [-0.05, 0) is 44.4 Å². The molecule has 1 aromatic heterocycles. The zero-order valence-electron chi connectivity index (χ0n) is 14.6. The summed E-state index contributed by atoms with van der Waals surface area (Å²) in [5, 5.41) is 10.8. The molecule has 0 aliphatic heterocycles. The van der Waals surface area contributed by atoms with Gasteiger partial charge in [-0.2, -0.15) is 0 Å². The third-order valence-electron chi connectivity index (χ3n) is 4.20. The molecule has 5 nitrogen and oxygen atoms in total. The number of nitrogens with one attached hydrogen (secondary N) is 2. The smallest absolute Gasteiger partial charge is 0.315 e. The van der Waals surface area contributed by atoms with Gasteiger partial charge in [0.15, 0.2) is 5.58 Å². The second-order valence-electron chi connectivity index (χ2n) is 6.38. The molecule has 0 aliphatic rings. The second kappa shape index (κ2) is 7.83. The van der Waals surface area contributed by atoms with Crippen LogP contribution in [0.2, 0.25) is 0 Å². The van der Waals surface area contributed by atoms with E-state index in [1.165, 1.54) is 5.56 Å². The van der Waals surface area contributed by atoms with Gasteiger partial charge in [-0.15, -0.1) is 0 Å². The van der Waals surface area contributed by atoms with E-state index in [0.717, 1.165) is 35.1 Å². The second-order valence-corrected chi connectivity index (χ2v) is 6.38. The Kier molecular flexibility index (Phi) is 5.33. The highest BCUT2D eigenvalue weighted by Crippen LogP contribution is 2.19. The Bertz CT molecular complexity index is 843. The topological polar surface area (TPSA) is 67.2 Å². The van der Waals surface area contributed by atoms with Gasteiger partial charge in [0.2, 0.25) is 0 Å². The Morgan fingerprint density at radius 3 is 2.80 bits per heavy atom. The van der Waals surface area contributed by atoms with Gasteiger partial charge in [-0.25, -0.2) is 4.79 Å². The molecule has 0 saturated heterocycles. The van der Waals surface area contributed by atoms with Crippen LogP contribution in [0.25, 0.3) is 11.0 Å². The number of aryl methyl sites for hydroxylation is 2. The largest absolute Gasteiger partial charge is 0.356 e. The summed E-state index contributed by atoms with van der Waals surface area (Å²) in [5.41, 5.74) is 3.89. The number of amides is 2. The average molecular weight is 337 g/mol. The van der Waals surface area contributed by atoms with Crippen LogP contribution in [0.4, 0.5) is 4.79 Å². The number of urea groups is 1. The number of rotatable bonds is 6. The molecule has 130 valence electrons. The van der Waals surface area contributed by atoms with E-state index < -0.39 is 0 Å². The summed E-state index contributed by atoms with van der Waals surface area (Å²) in [5.74, 6) is 0. The van der Waals surface area contributed by atoms with Gasteiger partial charge >= 0.3 is 6.03 Å². The SMILES string of the molecule is Cc1ccc2onc(CNC(=O)NC(C)CCc3ccccc3)c2c1.